The summed E-state index contributed by atoms with van der Waals surface area (Å²) in [5.41, 5.74) is 3.69. The molecule has 3 rings (SSSR count). The van der Waals surface area contributed by atoms with Gasteiger partial charge < -0.3 is 15.2 Å². The van der Waals surface area contributed by atoms with Gasteiger partial charge >= 0.3 is 0 Å². The Morgan fingerprint density at radius 1 is 1.04 bits per heavy atom. The van der Waals surface area contributed by atoms with E-state index in [0.717, 1.165) is 16.8 Å². The Morgan fingerprint density at radius 3 is 2.39 bits per heavy atom. The number of nitrogens with zero attached hydrogens (tertiary/aromatic N) is 3. The van der Waals surface area contributed by atoms with E-state index in [1.54, 1.807) is 42.9 Å². The van der Waals surface area contributed by atoms with Gasteiger partial charge in [-0.1, -0.05) is 12.1 Å². The number of carbonyl (C=O) groups is 2. The second kappa shape index (κ2) is 7.91. The number of rotatable bonds is 5. The van der Waals surface area contributed by atoms with Crippen LogP contribution in [0.3, 0.4) is 0 Å². The van der Waals surface area contributed by atoms with Gasteiger partial charge in [0.05, 0.1) is 6.54 Å². The molecule has 2 aromatic heterocycles. The van der Waals surface area contributed by atoms with Gasteiger partial charge in [0.2, 0.25) is 11.5 Å². The SMILES string of the molecule is Cc1c(-c2ccc(NC(=O)CNC(=O)c3ccnn3C)cc2)ccc(=O)n1C. The standard InChI is InChI=1S/C20H21N5O3/c1-13-16(8-9-19(27)24(13)2)14-4-6-15(7-5-14)23-18(26)12-21-20(28)17-10-11-22-25(17)3/h4-11H,12H2,1-3H3,(H,21,28)(H,23,26). The third-order valence-electron chi connectivity index (χ3n) is 4.56. The van der Waals surface area contributed by atoms with Gasteiger partial charge in [-0.25, -0.2) is 0 Å². The molecule has 0 bridgehead atoms. The highest BCUT2D eigenvalue weighted by Gasteiger charge is 2.11. The zero-order valence-corrected chi connectivity index (χ0v) is 15.9. The highest BCUT2D eigenvalue weighted by molar-refractivity contribution is 5.98. The fourth-order valence-corrected chi connectivity index (χ4v) is 2.82. The van der Waals surface area contributed by atoms with E-state index in [9.17, 15) is 14.4 Å². The summed E-state index contributed by atoms with van der Waals surface area (Å²) in [6.45, 7) is 1.74. The van der Waals surface area contributed by atoms with Gasteiger partial charge in [0.1, 0.15) is 5.69 Å². The van der Waals surface area contributed by atoms with Crippen molar-refractivity contribution in [2.24, 2.45) is 14.1 Å². The van der Waals surface area contributed by atoms with Crippen LogP contribution in [0, 0.1) is 6.92 Å². The number of aromatic nitrogens is 3. The molecule has 28 heavy (non-hydrogen) atoms. The molecule has 2 heterocycles. The lowest BCUT2D eigenvalue weighted by molar-refractivity contribution is -0.115. The molecule has 2 N–H and O–H groups in total. The van der Waals surface area contributed by atoms with Crippen molar-refractivity contribution in [1.82, 2.24) is 19.7 Å². The lowest BCUT2D eigenvalue weighted by atomic mass is 10.0. The third kappa shape index (κ3) is 4.01. The highest BCUT2D eigenvalue weighted by Crippen LogP contribution is 2.23. The molecule has 0 aliphatic rings. The van der Waals surface area contributed by atoms with Crippen molar-refractivity contribution in [3.63, 3.8) is 0 Å². The number of hydrogen-bond donors (Lipinski definition) is 2. The van der Waals surface area contributed by atoms with Gasteiger partial charge in [-0.15, -0.1) is 0 Å². The van der Waals surface area contributed by atoms with E-state index in [1.807, 2.05) is 19.1 Å². The maximum atomic E-state index is 12.1. The molecule has 8 nitrogen and oxygen atoms in total. The van der Waals surface area contributed by atoms with Crippen LogP contribution in [0.4, 0.5) is 5.69 Å². The summed E-state index contributed by atoms with van der Waals surface area (Å²) in [7, 11) is 3.39. The van der Waals surface area contributed by atoms with Crippen LogP contribution in [-0.4, -0.2) is 32.7 Å². The summed E-state index contributed by atoms with van der Waals surface area (Å²) in [5.74, 6) is -0.697. The average molecular weight is 379 g/mol. The molecular formula is C20H21N5O3. The van der Waals surface area contributed by atoms with Crippen molar-refractivity contribution in [2.75, 3.05) is 11.9 Å². The van der Waals surface area contributed by atoms with Gasteiger partial charge in [0.15, 0.2) is 0 Å². The smallest absolute Gasteiger partial charge is 0.269 e. The van der Waals surface area contributed by atoms with Crippen molar-refractivity contribution in [2.45, 2.75) is 6.92 Å². The summed E-state index contributed by atoms with van der Waals surface area (Å²) >= 11 is 0. The summed E-state index contributed by atoms with van der Waals surface area (Å²) in [6, 6.07) is 12.2. The summed E-state index contributed by atoms with van der Waals surface area (Å²) in [4.78, 5) is 35.8. The normalized spacial score (nSPS) is 10.5. The third-order valence-corrected chi connectivity index (χ3v) is 4.56. The minimum Gasteiger partial charge on any atom is -0.342 e. The molecule has 0 aliphatic heterocycles. The Balaban J connectivity index is 1.62. The molecule has 0 aliphatic carbocycles. The maximum absolute atomic E-state index is 12.1. The number of amides is 2. The highest BCUT2D eigenvalue weighted by atomic mass is 16.2. The monoisotopic (exact) mass is 379 g/mol. The lowest BCUT2D eigenvalue weighted by Crippen LogP contribution is -2.33. The van der Waals surface area contributed by atoms with E-state index in [-0.39, 0.29) is 23.9 Å². The Hall–Kier alpha value is -3.68. The van der Waals surface area contributed by atoms with Crippen LogP contribution in [0.25, 0.3) is 11.1 Å². The molecule has 0 fully saturated rings. The van der Waals surface area contributed by atoms with Crippen molar-refractivity contribution in [3.8, 4) is 11.1 Å². The number of nitrogens with one attached hydrogen (secondary N) is 2. The Morgan fingerprint density at radius 2 is 1.75 bits per heavy atom. The van der Waals surface area contributed by atoms with Crippen molar-refractivity contribution in [1.29, 1.82) is 0 Å². The van der Waals surface area contributed by atoms with Crippen LogP contribution in [0.15, 0.2) is 53.5 Å². The zero-order chi connectivity index (χ0) is 20.3. The van der Waals surface area contributed by atoms with Crippen LogP contribution < -0.4 is 16.2 Å². The van der Waals surface area contributed by atoms with E-state index < -0.39 is 0 Å². The summed E-state index contributed by atoms with van der Waals surface area (Å²) in [5, 5.41) is 9.22. The van der Waals surface area contributed by atoms with Gasteiger partial charge in [-0.3, -0.25) is 19.1 Å². The van der Waals surface area contributed by atoms with Crippen LogP contribution in [0.5, 0.6) is 0 Å². The number of anilines is 1. The van der Waals surface area contributed by atoms with Crippen LogP contribution in [0.2, 0.25) is 0 Å². The van der Waals surface area contributed by atoms with Gasteiger partial charge in [0.25, 0.3) is 5.91 Å². The molecule has 0 saturated heterocycles. The van der Waals surface area contributed by atoms with Crippen molar-refractivity contribution < 1.29 is 9.59 Å². The van der Waals surface area contributed by atoms with E-state index >= 15 is 0 Å². The average Bonchev–Trinajstić information content (AvgIpc) is 3.11. The quantitative estimate of drug-likeness (QED) is 0.701. The van der Waals surface area contributed by atoms with Gasteiger partial charge in [-0.2, -0.15) is 5.10 Å². The number of aryl methyl sites for hydroxylation is 1. The first kappa shape index (κ1) is 19.1. The first-order chi connectivity index (χ1) is 13.4. The number of hydrogen-bond acceptors (Lipinski definition) is 4. The molecule has 0 unspecified atom stereocenters. The molecule has 8 heteroatoms. The van der Waals surface area contributed by atoms with Crippen molar-refractivity contribution >= 4 is 17.5 Å². The predicted molar refractivity (Wildman–Crippen MR) is 106 cm³/mol. The molecule has 0 spiro atoms. The first-order valence-corrected chi connectivity index (χ1v) is 8.70. The second-order valence-electron chi connectivity index (χ2n) is 6.38. The summed E-state index contributed by atoms with van der Waals surface area (Å²) in [6.07, 6.45) is 1.52. The van der Waals surface area contributed by atoms with Gasteiger partial charge in [0, 0.05) is 43.3 Å². The van der Waals surface area contributed by atoms with E-state index in [1.165, 1.54) is 16.9 Å². The summed E-state index contributed by atoms with van der Waals surface area (Å²) < 4.78 is 3.03. The Kier molecular flexibility index (Phi) is 5.39. The molecule has 2 amide bonds. The number of carbonyl (C=O) groups excluding carboxylic acids is 2. The molecular weight excluding hydrogens is 358 g/mol. The Labute approximate surface area is 161 Å². The largest absolute Gasteiger partial charge is 0.342 e. The molecule has 144 valence electrons. The lowest BCUT2D eigenvalue weighted by Gasteiger charge is -2.11. The minimum absolute atomic E-state index is 0.0571. The van der Waals surface area contributed by atoms with E-state index in [4.69, 9.17) is 0 Å². The fraction of sp³-hybridized carbons (Fsp3) is 0.200. The maximum Gasteiger partial charge on any atom is 0.269 e. The first-order valence-electron chi connectivity index (χ1n) is 8.70. The van der Waals surface area contributed by atoms with Crippen LogP contribution in [0.1, 0.15) is 16.2 Å². The predicted octanol–water partition coefficient (Wildman–Crippen LogP) is 1.46. The second-order valence-corrected chi connectivity index (χ2v) is 6.38. The van der Waals surface area contributed by atoms with E-state index in [0.29, 0.717) is 11.4 Å². The van der Waals surface area contributed by atoms with Crippen LogP contribution >= 0.6 is 0 Å². The zero-order valence-electron chi connectivity index (χ0n) is 15.9. The Bertz CT molecular complexity index is 1080. The topological polar surface area (TPSA) is 98.0 Å². The molecule has 0 saturated carbocycles. The van der Waals surface area contributed by atoms with E-state index in [2.05, 4.69) is 15.7 Å². The molecule has 1 aromatic carbocycles. The molecule has 0 atom stereocenters. The fourth-order valence-electron chi connectivity index (χ4n) is 2.82. The molecule has 0 radical (unpaired) electrons. The van der Waals surface area contributed by atoms with Gasteiger partial charge in [-0.05, 0) is 36.8 Å². The minimum atomic E-state index is -0.365. The molecule has 3 aromatic rings. The van der Waals surface area contributed by atoms with Crippen LogP contribution in [-0.2, 0) is 18.9 Å². The number of benzene rings is 1. The number of pyridine rings is 1. The van der Waals surface area contributed by atoms with Crippen molar-refractivity contribution in [3.05, 3.63) is 70.4 Å².